The molecule has 1 heterocycles. The van der Waals surface area contributed by atoms with Crippen LogP contribution < -0.4 is 10.6 Å². The molecule has 1 fully saturated rings. The number of nitrogens with zero attached hydrogens (tertiary/aromatic N) is 1. The third-order valence-corrected chi connectivity index (χ3v) is 2.53. The van der Waals surface area contributed by atoms with Gasteiger partial charge in [-0.05, 0) is 25.8 Å². The molecule has 1 saturated heterocycles. The van der Waals surface area contributed by atoms with E-state index >= 15 is 0 Å². The van der Waals surface area contributed by atoms with Crippen LogP contribution in [0.4, 0.5) is 4.79 Å². The standard InChI is InChI=1S/C9H19N3O/c1-10-9(13)12(2)7-3-4-8-5-6-11-8/h8,11H,3-7H2,1-2H3,(H,10,13). The van der Waals surface area contributed by atoms with E-state index in [-0.39, 0.29) is 6.03 Å². The van der Waals surface area contributed by atoms with Crippen LogP contribution in [0.25, 0.3) is 0 Å². The van der Waals surface area contributed by atoms with Crippen LogP contribution >= 0.6 is 0 Å². The van der Waals surface area contributed by atoms with Gasteiger partial charge >= 0.3 is 6.03 Å². The SMILES string of the molecule is CNC(=O)N(C)CCCC1CCN1. The Balaban J connectivity index is 2.00. The first-order valence-electron chi connectivity index (χ1n) is 4.90. The number of nitrogens with one attached hydrogen (secondary N) is 2. The third kappa shape index (κ3) is 3.22. The quantitative estimate of drug-likeness (QED) is 0.666. The maximum atomic E-state index is 11.1. The molecule has 0 spiro atoms. The zero-order valence-electron chi connectivity index (χ0n) is 8.47. The average molecular weight is 185 g/mol. The second kappa shape index (κ2) is 5.07. The van der Waals surface area contributed by atoms with Crippen molar-refractivity contribution in [2.45, 2.75) is 25.3 Å². The molecule has 76 valence electrons. The minimum Gasteiger partial charge on any atom is -0.341 e. The minimum absolute atomic E-state index is 0.00145. The van der Waals surface area contributed by atoms with Crippen molar-refractivity contribution >= 4 is 6.03 Å². The van der Waals surface area contributed by atoms with Gasteiger partial charge in [0.25, 0.3) is 0 Å². The molecule has 0 aromatic heterocycles. The summed E-state index contributed by atoms with van der Waals surface area (Å²) in [6.45, 7) is 2.01. The highest BCUT2D eigenvalue weighted by Gasteiger charge is 2.15. The smallest absolute Gasteiger partial charge is 0.316 e. The number of urea groups is 1. The first-order valence-corrected chi connectivity index (χ1v) is 4.90. The predicted molar refractivity (Wildman–Crippen MR) is 52.7 cm³/mol. The van der Waals surface area contributed by atoms with Gasteiger partial charge in [-0.15, -0.1) is 0 Å². The molecule has 0 radical (unpaired) electrons. The first kappa shape index (κ1) is 10.3. The van der Waals surface area contributed by atoms with E-state index in [2.05, 4.69) is 10.6 Å². The highest BCUT2D eigenvalue weighted by molar-refractivity contribution is 5.73. The summed E-state index contributed by atoms with van der Waals surface area (Å²) in [7, 11) is 3.49. The van der Waals surface area contributed by atoms with Crippen LogP contribution in [0.5, 0.6) is 0 Å². The van der Waals surface area contributed by atoms with Crippen LogP contribution in [-0.4, -0.2) is 44.2 Å². The van der Waals surface area contributed by atoms with Crippen molar-refractivity contribution < 1.29 is 4.79 Å². The molecule has 1 aliphatic heterocycles. The number of rotatable bonds is 4. The second-order valence-electron chi connectivity index (χ2n) is 3.56. The van der Waals surface area contributed by atoms with E-state index in [1.807, 2.05) is 7.05 Å². The molecule has 2 N–H and O–H groups in total. The summed E-state index contributed by atoms with van der Waals surface area (Å²) in [6.07, 6.45) is 3.56. The molecule has 1 unspecified atom stereocenters. The van der Waals surface area contributed by atoms with Gasteiger partial charge < -0.3 is 15.5 Å². The van der Waals surface area contributed by atoms with Gasteiger partial charge in [-0.1, -0.05) is 0 Å². The summed E-state index contributed by atoms with van der Waals surface area (Å²) >= 11 is 0. The van der Waals surface area contributed by atoms with Crippen molar-refractivity contribution in [2.75, 3.05) is 27.2 Å². The maximum absolute atomic E-state index is 11.1. The lowest BCUT2D eigenvalue weighted by Gasteiger charge is -2.28. The zero-order valence-corrected chi connectivity index (χ0v) is 8.47. The Kier molecular flexibility index (Phi) is 4.02. The normalized spacial score (nSPS) is 20.6. The molecule has 1 rings (SSSR count). The van der Waals surface area contributed by atoms with Crippen LogP contribution in [0.3, 0.4) is 0 Å². The van der Waals surface area contributed by atoms with E-state index in [9.17, 15) is 4.79 Å². The summed E-state index contributed by atoms with van der Waals surface area (Å²) in [6, 6.07) is 0.708. The number of carbonyl (C=O) groups excluding carboxylic acids is 1. The Hall–Kier alpha value is -0.770. The van der Waals surface area contributed by atoms with E-state index in [0.717, 1.165) is 19.5 Å². The largest absolute Gasteiger partial charge is 0.341 e. The van der Waals surface area contributed by atoms with Crippen molar-refractivity contribution in [3.8, 4) is 0 Å². The molecule has 2 amide bonds. The van der Waals surface area contributed by atoms with Gasteiger partial charge in [0.1, 0.15) is 0 Å². The molecule has 13 heavy (non-hydrogen) atoms. The van der Waals surface area contributed by atoms with E-state index in [4.69, 9.17) is 0 Å². The Bertz CT molecular complexity index is 168. The monoisotopic (exact) mass is 185 g/mol. The summed E-state index contributed by atoms with van der Waals surface area (Å²) in [5.41, 5.74) is 0. The molecule has 0 bridgehead atoms. The molecule has 1 atom stereocenters. The minimum atomic E-state index is 0.00145. The number of hydrogen-bond donors (Lipinski definition) is 2. The van der Waals surface area contributed by atoms with Crippen LogP contribution in [0, 0.1) is 0 Å². The average Bonchev–Trinajstić information content (AvgIpc) is 2.07. The lowest BCUT2D eigenvalue weighted by Crippen LogP contribution is -2.43. The van der Waals surface area contributed by atoms with Gasteiger partial charge in [0.15, 0.2) is 0 Å². The Morgan fingerprint density at radius 3 is 2.85 bits per heavy atom. The molecular formula is C9H19N3O. The Morgan fingerprint density at radius 1 is 1.69 bits per heavy atom. The van der Waals surface area contributed by atoms with Gasteiger partial charge in [-0.25, -0.2) is 4.79 Å². The number of carbonyl (C=O) groups is 1. The summed E-state index contributed by atoms with van der Waals surface area (Å²) in [4.78, 5) is 12.8. The van der Waals surface area contributed by atoms with Gasteiger partial charge in [0.05, 0.1) is 0 Å². The van der Waals surface area contributed by atoms with Gasteiger partial charge in [0.2, 0.25) is 0 Å². The molecular weight excluding hydrogens is 166 g/mol. The molecule has 4 nitrogen and oxygen atoms in total. The van der Waals surface area contributed by atoms with Crippen molar-refractivity contribution in [1.82, 2.24) is 15.5 Å². The molecule has 0 aromatic carbocycles. The van der Waals surface area contributed by atoms with Crippen molar-refractivity contribution in [2.24, 2.45) is 0 Å². The maximum Gasteiger partial charge on any atom is 0.316 e. The van der Waals surface area contributed by atoms with Gasteiger partial charge in [-0.3, -0.25) is 0 Å². The Labute approximate surface area is 79.7 Å². The summed E-state index contributed by atoms with van der Waals surface area (Å²) in [5, 5.41) is 5.95. The van der Waals surface area contributed by atoms with Gasteiger partial charge in [-0.2, -0.15) is 0 Å². The van der Waals surface area contributed by atoms with Crippen LogP contribution in [0.15, 0.2) is 0 Å². The summed E-state index contributed by atoms with van der Waals surface area (Å²) < 4.78 is 0. The number of hydrogen-bond acceptors (Lipinski definition) is 2. The summed E-state index contributed by atoms with van der Waals surface area (Å²) in [5.74, 6) is 0. The molecule has 4 heteroatoms. The lowest BCUT2D eigenvalue weighted by atomic mass is 10.0. The Morgan fingerprint density at radius 2 is 2.38 bits per heavy atom. The van der Waals surface area contributed by atoms with Crippen molar-refractivity contribution in [3.63, 3.8) is 0 Å². The molecule has 0 aliphatic carbocycles. The number of amides is 2. The fourth-order valence-electron chi connectivity index (χ4n) is 1.46. The zero-order chi connectivity index (χ0) is 9.68. The molecule has 1 aliphatic rings. The van der Waals surface area contributed by atoms with Gasteiger partial charge in [0, 0.05) is 26.7 Å². The molecule has 0 saturated carbocycles. The highest BCUT2D eigenvalue weighted by atomic mass is 16.2. The third-order valence-electron chi connectivity index (χ3n) is 2.53. The highest BCUT2D eigenvalue weighted by Crippen LogP contribution is 2.08. The van der Waals surface area contributed by atoms with E-state index < -0.39 is 0 Å². The first-order chi connectivity index (χ1) is 6.24. The van der Waals surface area contributed by atoms with Crippen LogP contribution in [-0.2, 0) is 0 Å². The fraction of sp³-hybridized carbons (Fsp3) is 0.889. The lowest BCUT2D eigenvalue weighted by molar-refractivity contribution is 0.208. The van der Waals surface area contributed by atoms with E-state index in [1.165, 1.54) is 12.8 Å². The predicted octanol–water partition coefficient (Wildman–Crippen LogP) is 0.400. The van der Waals surface area contributed by atoms with Crippen LogP contribution in [0.2, 0.25) is 0 Å². The second-order valence-corrected chi connectivity index (χ2v) is 3.56. The van der Waals surface area contributed by atoms with E-state index in [1.54, 1.807) is 11.9 Å². The molecule has 0 aromatic rings. The van der Waals surface area contributed by atoms with E-state index in [0.29, 0.717) is 6.04 Å². The van der Waals surface area contributed by atoms with Crippen molar-refractivity contribution in [1.29, 1.82) is 0 Å². The van der Waals surface area contributed by atoms with Crippen molar-refractivity contribution in [3.05, 3.63) is 0 Å². The topological polar surface area (TPSA) is 44.4 Å². The fourth-order valence-corrected chi connectivity index (χ4v) is 1.46. The van der Waals surface area contributed by atoms with Crippen LogP contribution in [0.1, 0.15) is 19.3 Å².